The van der Waals surface area contributed by atoms with Crippen molar-refractivity contribution in [3.05, 3.63) is 0 Å². The molecule has 2 unspecified atom stereocenters. The maximum Gasteiger partial charge on any atom is 0.306 e. The molecule has 0 fully saturated rings. The van der Waals surface area contributed by atoms with Crippen molar-refractivity contribution >= 4 is 5.97 Å². The first-order valence-electron chi connectivity index (χ1n) is 10.6. The van der Waals surface area contributed by atoms with Crippen LogP contribution in [-0.2, 0) is 4.79 Å². The Labute approximate surface area is 155 Å². The maximum atomic E-state index is 11.1. The molecule has 0 aliphatic rings. The number of aliphatic hydroxyl groups is 2. The van der Waals surface area contributed by atoms with E-state index in [2.05, 4.69) is 6.92 Å². The van der Waals surface area contributed by atoms with Gasteiger partial charge in [0.25, 0.3) is 0 Å². The summed E-state index contributed by atoms with van der Waals surface area (Å²) >= 11 is 0. The average Bonchev–Trinajstić information content (AvgIpc) is 2.60. The molecule has 4 heteroatoms. The van der Waals surface area contributed by atoms with Gasteiger partial charge in [0.2, 0.25) is 0 Å². The number of carbonyl (C=O) groups is 1. The van der Waals surface area contributed by atoms with Crippen molar-refractivity contribution in [1.82, 2.24) is 0 Å². The van der Waals surface area contributed by atoms with Crippen LogP contribution in [0.4, 0.5) is 0 Å². The third kappa shape index (κ3) is 16.6. The van der Waals surface area contributed by atoms with Crippen LogP contribution >= 0.6 is 0 Å². The van der Waals surface area contributed by atoms with Crippen LogP contribution in [0.5, 0.6) is 0 Å². The van der Waals surface area contributed by atoms with Crippen molar-refractivity contribution in [3.8, 4) is 0 Å². The van der Waals surface area contributed by atoms with Gasteiger partial charge in [-0.3, -0.25) is 4.79 Å². The lowest BCUT2D eigenvalue weighted by Crippen LogP contribution is -2.23. The Morgan fingerprint density at radius 3 is 1.52 bits per heavy atom. The molecule has 0 rings (SSSR count). The van der Waals surface area contributed by atoms with Crippen LogP contribution < -0.4 is 0 Å². The molecule has 0 bridgehead atoms. The lowest BCUT2D eigenvalue weighted by atomic mass is 9.94. The van der Waals surface area contributed by atoms with Crippen LogP contribution in [0.3, 0.4) is 0 Å². The zero-order valence-electron chi connectivity index (χ0n) is 16.4. The van der Waals surface area contributed by atoms with Crippen LogP contribution in [0.2, 0.25) is 0 Å². The fourth-order valence-electron chi connectivity index (χ4n) is 3.33. The van der Waals surface area contributed by atoms with Gasteiger partial charge in [-0.05, 0) is 12.8 Å². The monoisotopic (exact) mass is 358 g/mol. The number of unbranched alkanes of at least 4 members (excludes halogenated alkanes) is 13. The summed E-state index contributed by atoms with van der Waals surface area (Å²) in [4.78, 5) is 11.1. The number of hydrogen-bond acceptors (Lipinski definition) is 3. The van der Waals surface area contributed by atoms with Crippen LogP contribution in [0, 0.1) is 5.92 Å². The number of carboxylic acids is 1. The molecule has 0 spiro atoms. The minimum Gasteiger partial charge on any atom is -0.481 e. The maximum absolute atomic E-state index is 11.1. The molecule has 0 aromatic rings. The van der Waals surface area contributed by atoms with Gasteiger partial charge in [0.15, 0.2) is 0 Å². The Morgan fingerprint density at radius 1 is 0.760 bits per heavy atom. The molecule has 4 nitrogen and oxygen atoms in total. The van der Waals surface area contributed by atoms with E-state index < -0.39 is 18.0 Å². The van der Waals surface area contributed by atoms with Gasteiger partial charge < -0.3 is 15.3 Å². The van der Waals surface area contributed by atoms with Gasteiger partial charge in [-0.15, -0.1) is 0 Å². The van der Waals surface area contributed by atoms with E-state index >= 15 is 0 Å². The second-order valence-corrected chi connectivity index (χ2v) is 7.49. The van der Waals surface area contributed by atoms with E-state index in [1.165, 1.54) is 77.0 Å². The van der Waals surface area contributed by atoms with Gasteiger partial charge in [-0.2, -0.15) is 0 Å². The summed E-state index contributed by atoms with van der Waals surface area (Å²) in [7, 11) is 0. The zero-order chi connectivity index (χ0) is 18.8. The third-order valence-electron chi connectivity index (χ3n) is 5.02. The summed E-state index contributed by atoms with van der Waals surface area (Å²) in [6.07, 6.45) is 17.9. The Bertz CT molecular complexity index is 294. The smallest absolute Gasteiger partial charge is 0.306 e. The normalized spacial score (nSPS) is 13.7. The van der Waals surface area contributed by atoms with Gasteiger partial charge in [0.05, 0.1) is 18.6 Å². The lowest BCUT2D eigenvalue weighted by Gasteiger charge is -2.15. The summed E-state index contributed by atoms with van der Waals surface area (Å²) in [6, 6.07) is 0. The average molecular weight is 359 g/mol. The molecule has 0 aliphatic heterocycles. The number of carboxylic acid groups (broad SMARTS) is 1. The Hall–Kier alpha value is -0.610. The van der Waals surface area contributed by atoms with E-state index in [1.807, 2.05) is 0 Å². The molecule has 0 aliphatic carbocycles. The van der Waals surface area contributed by atoms with Crippen LogP contribution in [-0.4, -0.2) is 34.0 Å². The fourth-order valence-corrected chi connectivity index (χ4v) is 3.33. The largest absolute Gasteiger partial charge is 0.481 e. The minimum absolute atomic E-state index is 0.157. The molecule has 0 saturated heterocycles. The number of rotatable bonds is 19. The van der Waals surface area contributed by atoms with Crippen molar-refractivity contribution in [1.29, 1.82) is 0 Å². The van der Waals surface area contributed by atoms with Crippen molar-refractivity contribution < 1.29 is 20.1 Å². The Balaban J connectivity index is 3.35. The molecule has 3 N–H and O–H groups in total. The van der Waals surface area contributed by atoms with E-state index in [4.69, 9.17) is 10.2 Å². The molecule has 0 amide bonds. The molecule has 0 aromatic heterocycles. The predicted molar refractivity (Wildman–Crippen MR) is 104 cm³/mol. The quantitative estimate of drug-likeness (QED) is 0.274. The van der Waals surface area contributed by atoms with Gasteiger partial charge in [0.1, 0.15) is 0 Å². The number of aliphatic carboxylic acids is 1. The molecule has 25 heavy (non-hydrogen) atoms. The molecular weight excluding hydrogens is 316 g/mol. The van der Waals surface area contributed by atoms with Crippen LogP contribution in [0.15, 0.2) is 0 Å². The predicted octanol–water partition coefficient (Wildman–Crippen LogP) is 5.30. The van der Waals surface area contributed by atoms with Crippen LogP contribution in [0.25, 0.3) is 0 Å². The van der Waals surface area contributed by atoms with Crippen molar-refractivity contribution in [2.24, 2.45) is 5.92 Å². The second-order valence-electron chi connectivity index (χ2n) is 7.49. The zero-order valence-corrected chi connectivity index (χ0v) is 16.4. The van der Waals surface area contributed by atoms with E-state index in [1.54, 1.807) is 0 Å². The first-order valence-corrected chi connectivity index (χ1v) is 10.6. The van der Waals surface area contributed by atoms with Gasteiger partial charge in [0, 0.05) is 0 Å². The number of hydrogen-bond donors (Lipinski definition) is 3. The summed E-state index contributed by atoms with van der Waals surface area (Å²) in [5, 5.41) is 27.3. The molecule has 0 aromatic carbocycles. The fraction of sp³-hybridized carbons (Fsp3) is 0.952. The summed E-state index contributed by atoms with van der Waals surface area (Å²) < 4.78 is 0. The first kappa shape index (κ1) is 24.4. The highest BCUT2D eigenvalue weighted by molar-refractivity contribution is 5.69. The Morgan fingerprint density at radius 2 is 1.16 bits per heavy atom. The number of aliphatic hydroxyl groups excluding tert-OH is 2. The standard InChI is InChI=1S/C21H42O4/c1-2-3-4-5-6-7-8-9-10-11-12-13-14-15-16-19(21(24)25)17-20(23)18-22/h19-20,22-23H,2-18H2,1H3,(H,24,25). The second kappa shape index (κ2) is 18.2. The molecule has 150 valence electrons. The van der Waals surface area contributed by atoms with Crippen LogP contribution in [0.1, 0.15) is 110 Å². The van der Waals surface area contributed by atoms with Crippen molar-refractivity contribution in [2.45, 2.75) is 116 Å². The topological polar surface area (TPSA) is 77.8 Å². The summed E-state index contributed by atoms with van der Waals surface area (Å²) in [6.45, 7) is 1.90. The molecule has 0 heterocycles. The van der Waals surface area contributed by atoms with Crippen molar-refractivity contribution in [3.63, 3.8) is 0 Å². The molecule has 2 atom stereocenters. The van der Waals surface area contributed by atoms with Crippen molar-refractivity contribution in [2.75, 3.05) is 6.61 Å². The van der Waals surface area contributed by atoms with E-state index in [0.29, 0.717) is 6.42 Å². The SMILES string of the molecule is CCCCCCCCCCCCCCCCC(CC(O)CO)C(=O)O. The lowest BCUT2D eigenvalue weighted by molar-refractivity contribution is -0.143. The van der Waals surface area contributed by atoms with Gasteiger partial charge in [-0.1, -0.05) is 96.8 Å². The highest BCUT2D eigenvalue weighted by Gasteiger charge is 2.20. The summed E-state index contributed by atoms with van der Waals surface area (Å²) in [5.41, 5.74) is 0. The molecule has 0 radical (unpaired) electrons. The van der Waals surface area contributed by atoms with E-state index in [-0.39, 0.29) is 13.0 Å². The minimum atomic E-state index is -0.909. The first-order chi connectivity index (χ1) is 12.1. The van der Waals surface area contributed by atoms with Gasteiger partial charge >= 0.3 is 5.97 Å². The molecular formula is C21H42O4. The highest BCUT2D eigenvalue weighted by Crippen LogP contribution is 2.18. The third-order valence-corrected chi connectivity index (χ3v) is 5.02. The molecule has 0 saturated carbocycles. The van der Waals surface area contributed by atoms with E-state index in [9.17, 15) is 9.90 Å². The summed E-state index contributed by atoms with van der Waals surface area (Å²) in [5.74, 6) is -1.39. The highest BCUT2D eigenvalue weighted by atomic mass is 16.4. The van der Waals surface area contributed by atoms with Gasteiger partial charge in [-0.25, -0.2) is 0 Å². The Kier molecular flexibility index (Phi) is 17.7. The van der Waals surface area contributed by atoms with E-state index in [0.717, 1.165) is 12.8 Å².